The van der Waals surface area contributed by atoms with Gasteiger partial charge in [0.1, 0.15) is 5.75 Å². The van der Waals surface area contributed by atoms with Crippen molar-refractivity contribution >= 4 is 11.8 Å². The highest BCUT2D eigenvalue weighted by atomic mass is 19.1. The Kier molecular flexibility index (Phi) is 6.02. The Labute approximate surface area is 182 Å². The molecule has 10 heteroatoms. The fourth-order valence-electron chi connectivity index (χ4n) is 2.83. The second-order valence-corrected chi connectivity index (χ2v) is 6.78. The van der Waals surface area contributed by atoms with Gasteiger partial charge in [0.15, 0.2) is 11.6 Å². The fraction of sp³-hybridized carbons (Fsp3) is 0.136. The Morgan fingerprint density at radius 2 is 1.91 bits per heavy atom. The van der Waals surface area contributed by atoms with E-state index in [0.29, 0.717) is 34.7 Å². The monoisotopic (exact) mass is 434 g/mol. The van der Waals surface area contributed by atoms with E-state index in [1.54, 1.807) is 36.5 Å². The zero-order valence-electron chi connectivity index (χ0n) is 17.1. The second-order valence-electron chi connectivity index (χ2n) is 6.78. The summed E-state index contributed by atoms with van der Waals surface area (Å²) < 4.78 is 25.2. The number of carbonyl (C=O) groups excluding carboxylic acids is 1. The van der Waals surface area contributed by atoms with Crippen LogP contribution < -0.4 is 15.2 Å². The van der Waals surface area contributed by atoms with Crippen molar-refractivity contribution in [3.05, 3.63) is 60.8 Å². The van der Waals surface area contributed by atoms with Gasteiger partial charge < -0.3 is 15.2 Å². The van der Waals surface area contributed by atoms with Crippen molar-refractivity contribution < 1.29 is 18.7 Å². The molecular weight excluding hydrogens is 415 g/mol. The minimum absolute atomic E-state index is 0.0262. The van der Waals surface area contributed by atoms with E-state index < -0.39 is 11.8 Å². The van der Waals surface area contributed by atoms with E-state index in [2.05, 4.69) is 25.1 Å². The van der Waals surface area contributed by atoms with E-state index in [9.17, 15) is 9.18 Å². The molecule has 3 heterocycles. The Bertz CT molecular complexity index is 1230. The number of nitrogens with one attached hydrogen (secondary N) is 1. The number of nitrogen functional groups attached to an aromatic ring is 1. The maximum Gasteiger partial charge on any atom is 0.312 e. The number of hydrogen-bond donors (Lipinski definition) is 2. The predicted octanol–water partition coefficient (Wildman–Crippen LogP) is 4.15. The number of hydrogen-bond acceptors (Lipinski definition) is 8. The highest BCUT2D eigenvalue weighted by Crippen LogP contribution is 2.28. The number of anilines is 1. The molecule has 0 aliphatic heterocycles. The van der Waals surface area contributed by atoms with Crippen molar-refractivity contribution in [3.63, 3.8) is 0 Å². The van der Waals surface area contributed by atoms with Gasteiger partial charge in [-0.3, -0.25) is 9.89 Å². The summed E-state index contributed by atoms with van der Waals surface area (Å²) in [6, 6.07) is 9.73. The average Bonchev–Trinajstić information content (AvgIpc) is 3.32. The molecule has 3 aromatic heterocycles. The Hall–Kier alpha value is -4.34. The molecule has 1 aromatic carbocycles. The third-order valence-corrected chi connectivity index (χ3v) is 4.42. The van der Waals surface area contributed by atoms with Gasteiger partial charge in [0.25, 0.3) is 11.8 Å². The fourth-order valence-corrected chi connectivity index (χ4v) is 2.83. The highest BCUT2D eigenvalue weighted by Gasteiger charge is 2.13. The molecule has 0 bridgehead atoms. The molecule has 162 valence electrons. The SMILES string of the molecule is CCCC(=O)Oc1nc(-c2ccc(Oc3ncc(-c4ccn[nH]4)cc3F)cc2)cnc1N. The zero-order valence-corrected chi connectivity index (χ0v) is 17.1. The third kappa shape index (κ3) is 4.69. The summed E-state index contributed by atoms with van der Waals surface area (Å²) in [6.07, 6.45) is 5.44. The minimum atomic E-state index is -0.607. The van der Waals surface area contributed by atoms with E-state index in [1.165, 1.54) is 18.5 Å². The molecule has 0 atom stereocenters. The number of benzene rings is 1. The number of esters is 1. The lowest BCUT2D eigenvalue weighted by Crippen LogP contribution is -2.11. The second kappa shape index (κ2) is 9.21. The van der Waals surface area contributed by atoms with Crippen molar-refractivity contribution in [3.8, 4) is 40.0 Å². The Balaban J connectivity index is 1.49. The number of ether oxygens (including phenoxy) is 2. The van der Waals surface area contributed by atoms with Crippen molar-refractivity contribution in [2.75, 3.05) is 5.73 Å². The van der Waals surface area contributed by atoms with Gasteiger partial charge in [-0.2, -0.15) is 5.10 Å². The van der Waals surface area contributed by atoms with Gasteiger partial charge >= 0.3 is 5.97 Å². The summed E-state index contributed by atoms with van der Waals surface area (Å²) in [5.41, 5.74) is 8.10. The number of carbonyl (C=O) groups is 1. The van der Waals surface area contributed by atoms with Crippen molar-refractivity contribution in [2.45, 2.75) is 19.8 Å². The van der Waals surface area contributed by atoms with Gasteiger partial charge in [-0.15, -0.1) is 0 Å². The van der Waals surface area contributed by atoms with Crippen molar-refractivity contribution in [2.24, 2.45) is 0 Å². The molecule has 3 N–H and O–H groups in total. The molecule has 0 aliphatic carbocycles. The molecule has 9 nitrogen and oxygen atoms in total. The van der Waals surface area contributed by atoms with Crippen LogP contribution in [0.3, 0.4) is 0 Å². The topological polar surface area (TPSA) is 129 Å². The molecule has 0 radical (unpaired) electrons. The molecule has 0 unspecified atom stereocenters. The third-order valence-electron chi connectivity index (χ3n) is 4.42. The number of aromatic nitrogens is 5. The summed E-state index contributed by atoms with van der Waals surface area (Å²) in [5, 5.41) is 6.59. The maximum absolute atomic E-state index is 14.4. The van der Waals surface area contributed by atoms with Crippen molar-refractivity contribution in [1.29, 1.82) is 0 Å². The van der Waals surface area contributed by atoms with E-state index in [1.807, 2.05) is 6.92 Å². The number of rotatable bonds is 7. The van der Waals surface area contributed by atoms with Gasteiger partial charge in [-0.25, -0.2) is 19.3 Å². The van der Waals surface area contributed by atoms with Gasteiger partial charge in [0.2, 0.25) is 0 Å². The molecule has 4 aromatic rings. The lowest BCUT2D eigenvalue weighted by atomic mass is 10.1. The number of nitrogens with two attached hydrogens (primary N) is 1. The number of pyridine rings is 1. The van der Waals surface area contributed by atoms with Crippen LogP contribution in [0.25, 0.3) is 22.5 Å². The van der Waals surface area contributed by atoms with Crippen molar-refractivity contribution in [1.82, 2.24) is 25.1 Å². The number of halogens is 1. The summed E-state index contributed by atoms with van der Waals surface area (Å²) in [5.74, 6) is -0.819. The molecule has 0 saturated carbocycles. The molecular formula is C22H19FN6O3. The molecule has 0 amide bonds. The van der Waals surface area contributed by atoms with E-state index in [0.717, 1.165) is 0 Å². The van der Waals surface area contributed by atoms with E-state index in [-0.39, 0.29) is 24.0 Å². The van der Waals surface area contributed by atoms with Crippen LogP contribution in [-0.2, 0) is 4.79 Å². The van der Waals surface area contributed by atoms with Crippen LogP contribution >= 0.6 is 0 Å². The number of H-pyrrole nitrogens is 1. The quantitative estimate of drug-likeness (QED) is 0.415. The zero-order chi connectivity index (χ0) is 22.5. The van der Waals surface area contributed by atoms with Crippen LogP contribution in [0.2, 0.25) is 0 Å². The summed E-state index contributed by atoms with van der Waals surface area (Å²) in [7, 11) is 0. The summed E-state index contributed by atoms with van der Waals surface area (Å²) >= 11 is 0. The first-order valence-electron chi connectivity index (χ1n) is 9.80. The molecule has 0 saturated heterocycles. The van der Waals surface area contributed by atoms with Gasteiger partial charge in [0.05, 0.1) is 17.6 Å². The molecule has 4 rings (SSSR count). The Morgan fingerprint density at radius 1 is 1.09 bits per heavy atom. The molecule has 0 spiro atoms. The smallest absolute Gasteiger partial charge is 0.312 e. The van der Waals surface area contributed by atoms with E-state index in [4.69, 9.17) is 15.2 Å². The summed E-state index contributed by atoms with van der Waals surface area (Å²) in [4.78, 5) is 24.1. The summed E-state index contributed by atoms with van der Waals surface area (Å²) in [6.45, 7) is 1.87. The number of nitrogens with zero attached hydrogens (tertiary/aromatic N) is 4. The number of aromatic amines is 1. The van der Waals surface area contributed by atoms with Crippen LogP contribution in [-0.4, -0.2) is 31.1 Å². The maximum atomic E-state index is 14.4. The van der Waals surface area contributed by atoms with Crippen LogP contribution in [0.4, 0.5) is 10.2 Å². The molecule has 32 heavy (non-hydrogen) atoms. The van der Waals surface area contributed by atoms with E-state index >= 15 is 0 Å². The van der Waals surface area contributed by atoms with Gasteiger partial charge in [0, 0.05) is 29.9 Å². The van der Waals surface area contributed by atoms with Crippen LogP contribution in [0.5, 0.6) is 17.5 Å². The highest BCUT2D eigenvalue weighted by molar-refractivity contribution is 5.73. The Morgan fingerprint density at radius 3 is 2.59 bits per heavy atom. The van der Waals surface area contributed by atoms with Gasteiger partial charge in [-0.05, 0) is 42.8 Å². The normalized spacial score (nSPS) is 10.7. The standard InChI is InChI=1S/C22H19FN6O3/c1-2-3-19(30)32-22-20(24)25-12-18(28-22)13-4-6-15(7-5-13)31-21-16(23)10-14(11-26-21)17-8-9-27-29-17/h4-12H,2-3H2,1H3,(H2,24,25)(H,27,29). The lowest BCUT2D eigenvalue weighted by Gasteiger charge is -2.09. The van der Waals surface area contributed by atoms with Gasteiger partial charge in [-0.1, -0.05) is 6.92 Å². The first-order chi connectivity index (χ1) is 15.5. The first kappa shape index (κ1) is 20.9. The first-order valence-corrected chi connectivity index (χ1v) is 9.80. The minimum Gasteiger partial charge on any atom is -0.436 e. The van der Waals surface area contributed by atoms with Crippen LogP contribution in [0, 0.1) is 5.82 Å². The molecule has 0 fully saturated rings. The van der Waals surface area contributed by atoms with Crippen LogP contribution in [0.1, 0.15) is 19.8 Å². The van der Waals surface area contributed by atoms with Crippen LogP contribution in [0.15, 0.2) is 55.0 Å². The largest absolute Gasteiger partial charge is 0.436 e. The average molecular weight is 434 g/mol. The predicted molar refractivity (Wildman–Crippen MR) is 114 cm³/mol. The lowest BCUT2D eigenvalue weighted by molar-refractivity contribution is -0.134. The molecule has 0 aliphatic rings.